The zero-order valence-electron chi connectivity index (χ0n) is 14.0. The highest BCUT2D eigenvalue weighted by atomic mass is 32.2. The number of carbonyl (C=O) groups excluding carboxylic acids is 1. The molecule has 26 heavy (non-hydrogen) atoms. The number of benzene rings is 3. The molecule has 0 spiro atoms. The van der Waals surface area contributed by atoms with Crippen molar-refractivity contribution < 1.29 is 22.1 Å². The summed E-state index contributed by atoms with van der Waals surface area (Å²) in [5.74, 6) is -0.408. The van der Waals surface area contributed by atoms with E-state index in [0.29, 0.717) is 5.56 Å². The smallest absolute Gasteiger partial charge is 0.339 e. The minimum absolute atomic E-state index is 0.122. The fourth-order valence-electron chi connectivity index (χ4n) is 2.46. The lowest BCUT2D eigenvalue weighted by Gasteiger charge is -2.12. The van der Waals surface area contributed by atoms with E-state index in [1.54, 1.807) is 24.3 Å². The zero-order chi connectivity index (χ0) is 18.6. The lowest BCUT2D eigenvalue weighted by Crippen LogP contribution is -2.12. The Morgan fingerprint density at radius 2 is 1.54 bits per heavy atom. The number of carbonyl (C=O) groups is 1. The predicted molar refractivity (Wildman–Crippen MR) is 97.5 cm³/mol. The van der Waals surface area contributed by atoms with E-state index in [-0.39, 0.29) is 16.2 Å². The summed E-state index contributed by atoms with van der Waals surface area (Å²) in [6.45, 7) is 0. The summed E-state index contributed by atoms with van der Waals surface area (Å²) < 4.78 is 35.3. The van der Waals surface area contributed by atoms with Crippen LogP contribution in [0.25, 0.3) is 11.1 Å². The van der Waals surface area contributed by atoms with Crippen molar-refractivity contribution >= 4 is 16.1 Å². The van der Waals surface area contributed by atoms with E-state index in [0.717, 1.165) is 5.56 Å². The maximum atomic E-state index is 12.7. The lowest BCUT2D eigenvalue weighted by atomic mass is 10.1. The third-order valence-electron chi connectivity index (χ3n) is 3.72. The molecule has 3 rings (SSSR count). The molecule has 3 aromatic carbocycles. The van der Waals surface area contributed by atoms with Crippen LogP contribution in [0.4, 0.5) is 0 Å². The van der Waals surface area contributed by atoms with E-state index >= 15 is 0 Å². The Morgan fingerprint density at radius 3 is 2.27 bits per heavy atom. The number of para-hydroxylation sites is 1. The van der Waals surface area contributed by atoms with Crippen LogP contribution < -0.4 is 4.18 Å². The van der Waals surface area contributed by atoms with Gasteiger partial charge in [0.15, 0.2) is 5.75 Å². The highest BCUT2D eigenvalue weighted by molar-refractivity contribution is 7.87. The second kappa shape index (κ2) is 7.41. The van der Waals surface area contributed by atoms with Gasteiger partial charge < -0.3 is 8.92 Å². The Hall–Kier alpha value is -3.12. The van der Waals surface area contributed by atoms with Gasteiger partial charge in [0.2, 0.25) is 0 Å². The summed E-state index contributed by atoms with van der Waals surface area (Å²) in [6, 6.07) is 21.7. The average molecular weight is 368 g/mol. The van der Waals surface area contributed by atoms with Gasteiger partial charge in [0.1, 0.15) is 4.90 Å². The second-order valence-corrected chi connectivity index (χ2v) is 6.97. The van der Waals surface area contributed by atoms with Gasteiger partial charge in [-0.25, -0.2) is 4.79 Å². The van der Waals surface area contributed by atoms with Crippen LogP contribution in [0.15, 0.2) is 83.8 Å². The molecule has 0 saturated heterocycles. The molecule has 3 aromatic rings. The first-order valence-electron chi connectivity index (χ1n) is 7.78. The molecule has 0 radical (unpaired) electrons. The monoisotopic (exact) mass is 368 g/mol. The van der Waals surface area contributed by atoms with E-state index in [4.69, 9.17) is 4.18 Å². The van der Waals surface area contributed by atoms with E-state index in [9.17, 15) is 13.2 Å². The van der Waals surface area contributed by atoms with Crippen LogP contribution in [0.3, 0.4) is 0 Å². The van der Waals surface area contributed by atoms with Crippen molar-refractivity contribution in [3.05, 3.63) is 84.4 Å². The third-order valence-corrected chi connectivity index (χ3v) is 4.95. The van der Waals surface area contributed by atoms with Crippen LogP contribution in [0.2, 0.25) is 0 Å². The van der Waals surface area contributed by atoms with Gasteiger partial charge in [0.25, 0.3) is 0 Å². The van der Waals surface area contributed by atoms with E-state index in [1.807, 2.05) is 30.3 Å². The molecule has 0 fully saturated rings. The quantitative estimate of drug-likeness (QED) is 0.504. The Morgan fingerprint density at radius 1 is 0.846 bits per heavy atom. The van der Waals surface area contributed by atoms with Crippen LogP contribution in [-0.4, -0.2) is 21.5 Å². The maximum absolute atomic E-state index is 12.7. The fraction of sp³-hybridized carbons (Fsp3) is 0.0500. The van der Waals surface area contributed by atoms with Gasteiger partial charge in [0.05, 0.1) is 12.7 Å². The zero-order valence-corrected chi connectivity index (χ0v) is 14.8. The Bertz CT molecular complexity index is 1030. The number of rotatable bonds is 5. The standard InChI is InChI=1S/C20H16O5S/c1-24-20(21)16-10-7-11-17(14-16)26(22,23)25-19-13-6-5-12-18(19)15-8-3-2-4-9-15/h2-14H,1H3. The molecule has 0 aliphatic carbocycles. The summed E-state index contributed by atoms with van der Waals surface area (Å²) in [6.07, 6.45) is 0. The number of hydrogen-bond acceptors (Lipinski definition) is 5. The molecule has 0 aliphatic rings. The number of esters is 1. The molecule has 0 aromatic heterocycles. The molecule has 0 saturated carbocycles. The minimum atomic E-state index is -4.12. The SMILES string of the molecule is COC(=O)c1cccc(S(=O)(=O)Oc2ccccc2-c2ccccc2)c1. The minimum Gasteiger partial charge on any atom is -0.465 e. The van der Waals surface area contributed by atoms with Crippen molar-refractivity contribution in [1.29, 1.82) is 0 Å². The molecular weight excluding hydrogens is 352 g/mol. The summed E-state index contributed by atoms with van der Waals surface area (Å²) >= 11 is 0. The summed E-state index contributed by atoms with van der Waals surface area (Å²) in [7, 11) is -2.88. The van der Waals surface area contributed by atoms with Crippen molar-refractivity contribution in [2.45, 2.75) is 4.90 Å². The van der Waals surface area contributed by atoms with Gasteiger partial charge >= 0.3 is 16.1 Å². The molecule has 5 nitrogen and oxygen atoms in total. The van der Waals surface area contributed by atoms with Gasteiger partial charge in [-0.15, -0.1) is 0 Å². The van der Waals surface area contributed by atoms with E-state index in [1.165, 1.54) is 31.4 Å². The van der Waals surface area contributed by atoms with Crippen LogP contribution >= 0.6 is 0 Å². The highest BCUT2D eigenvalue weighted by Crippen LogP contribution is 2.31. The first-order valence-corrected chi connectivity index (χ1v) is 9.19. The highest BCUT2D eigenvalue weighted by Gasteiger charge is 2.20. The van der Waals surface area contributed by atoms with Gasteiger partial charge in [-0.05, 0) is 29.8 Å². The van der Waals surface area contributed by atoms with Crippen molar-refractivity contribution in [3.63, 3.8) is 0 Å². The van der Waals surface area contributed by atoms with Crippen molar-refractivity contribution in [3.8, 4) is 16.9 Å². The summed E-state index contributed by atoms with van der Waals surface area (Å²) in [4.78, 5) is 11.5. The molecular formula is C20H16O5S. The van der Waals surface area contributed by atoms with Crippen LogP contribution in [0, 0.1) is 0 Å². The molecule has 0 amide bonds. The topological polar surface area (TPSA) is 69.7 Å². The number of methoxy groups -OCH3 is 1. The molecule has 0 unspecified atom stereocenters. The molecule has 6 heteroatoms. The third kappa shape index (κ3) is 3.75. The first kappa shape index (κ1) is 17.7. The number of ether oxygens (including phenoxy) is 1. The fourth-order valence-corrected chi connectivity index (χ4v) is 3.45. The van der Waals surface area contributed by atoms with Gasteiger partial charge in [0, 0.05) is 5.56 Å². The number of hydrogen-bond donors (Lipinski definition) is 0. The molecule has 0 N–H and O–H groups in total. The van der Waals surface area contributed by atoms with Crippen molar-refractivity contribution in [1.82, 2.24) is 0 Å². The normalized spacial score (nSPS) is 11.0. The molecule has 0 bridgehead atoms. The molecule has 0 atom stereocenters. The van der Waals surface area contributed by atoms with Crippen LogP contribution in [0.5, 0.6) is 5.75 Å². The Balaban J connectivity index is 1.98. The van der Waals surface area contributed by atoms with E-state index < -0.39 is 16.1 Å². The van der Waals surface area contributed by atoms with Crippen LogP contribution in [0.1, 0.15) is 10.4 Å². The molecule has 0 aliphatic heterocycles. The summed E-state index contributed by atoms with van der Waals surface area (Å²) in [5.41, 5.74) is 1.62. The summed E-state index contributed by atoms with van der Waals surface area (Å²) in [5, 5.41) is 0. The predicted octanol–water partition coefficient (Wildman–Crippen LogP) is 3.91. The van der Waals surface area contributed by atoms with Crippen LogP contribution in [-0.2, 0) is 14.9 Å². The Labute approximate surface area is 151 Å². The molecule has 132 valence electrons. The van der Waals surface area contributed by atoms with Gasteiger partial charge in [-0.2, -0.15) is 8.42 Å². The molecule has 0 heterocycles. The van der Waals surface area contributed by atoms with E-state index in [2.05, 4.69) is 4.74 Å². The van der Waals surface area contributed by atoms with Crippen molar-refractivity contribution in [2.24, 2.45) is 0 Å². The lowest BCUT2D eigenvalue weighted by molar-refractivity contribution is 0.0600. The Kier molecular flexibility index (Phi) is 5.04. The van der Waals surface area contributed by atoms with Crippen molar-refractivity contribution in [2.75, 3.05) is 7.11 Å². The largest absolute Gasteiger partial charge is 0.465 e. The average Bonchev–Trinajstić information content (AvgIpc) is 2.68. The maximum Gasteiger partial charge on any atom is 0.339 e. The van der Waals surface area contributed by atoms with Gasteiger partial charge in [-0.3, -0.25) is 0 Å². The van der Waals surface area contributed by atoms with Gasteiger partial charge in [-0.1, -0.05) is 54.6 Å². The first-order chi connectivity index (χ1) is 12.5. The second-order valence-electron chi connectivity index (χ2n) is 5.42.